The maximum atomic E-state index is 12.3. The number of allylic oxidation sites excluding steroid dienone is 1. The Kier molecular flexibility index (Phi) is 5.24. The number of hydrogen-bond acceptors (Lipinski definition) is 4. The van der Waals surface area contributed by atoms with Crippen LogP contribution in [0.2, 0.25) is 0 Å². The summed E-state index contributed by atoms with van der Waals surface area (Å²) in [6, 6.07) is 7.54. The van der Waals surface area contributed by atoms with Crippen molar-refractivity contribution in [1.29, 1.82) is 5.26 Å². The van der Waals surface area contributed by atoms with Crippen LogP contribution in [-0.4, -0.2) is 35.4 Å². The lowest BCUT2D eigenvalue weighted by Crippen LogP contribution is -2.36. The zero-order chi connectivity index (χ0) is 17.7. The molecule has 1 saturated heterocycles. The van der Waals surface area contributed by atoms with Crippen molar-refractivity contribution in [3.8, 4) is 6.07 Å². The van der Waals surface area contributed by atoms with Gasteiger partial charge in [-0.15, -0.1) is 0 Å². The summed E-state index contributed by atoms with van der Waals surface area (Å²) < 4.78 is 36.6. The maximum Gasteiger partial charge on any atom is 0.454 e. The van der Waals surface area contributed by atoms with Crippen LogP contribution in [0.5, 0.6) is 0 Å². The molecule has 1 amide bonds. The van der Waals surface area contributed by atoms with Gasteiger partial charge in [0.2, 0.25) is 5.91 Å². The Morgan fingerprint density at radius 2 is 1.96 bits per heavy atom. The predicted molar refractivity (Wildman–Crippen MR) is 79.7 cm³/mol. The number of rotatable bonds is 4. The molecule has 8 heteroatoms. The minimum atomic E-state index is -4.92. The van der Waals surface area contributed by atoms with Gasteiger partial charge < -0.3 is 10.2 Å². The van der Waals surface area contributed by atoms with Crippen molar-refractivity contribution < 1.29 is 22.8 Å². The van der Waals surface area contributed by atoms with Gasteiger partial charge in [-0.2, -0.15) is 18.4 Å². The first-order chi connectivity index (χ1) is 11.3. The Hall–Kier alpha value is -2.82. The van der Waals surface area contributed by atoms with Crippen molar-refractivity contribution in [2.75, 3.05) is 11.9 Å². The molecule has 1 aromatic rings. The number of nitrogens with zero attached hydrogens (tertiary/aromatic N) is 2. The lowest BCUT2D eigenvalue weighted by molar-refractivity contribution is -0.165. The van der Waals surface area contributed by atoms with E-state index in [1.165, 1.54) is 4.90 Å². The molecule has 0 aromatic heterocycles. The molecule has 1 unspecified atom stereocenters. The highest BCUT2D eigenvalue weighted by Crippen LogP contribution is 2.21. The van der Waals surface area contributed by atoms with E-state index in [0.29, 0.717) is 36.7 Å². The summed E-state index contributed by atoms with van der Waals surface area (Å²) in [5.41, 5.74) is 0.935. The van der Waals surface area contributed by atoms with Crippen LogP contribution >= 0.6 is 0 Å². The van der Waals surface area contributed by atoms with E-state index < -0.39 is 18.0 Å². The van der Waals surface area contributed by atoms with Crippen LogP contribution < -0.4 is 5.32 Å². The smallest absolute Gasteiger partial charge is 0.365 e. The molecule has 2 rings (SSSR count). The van der Waals surface area contributed by atoms with Crippen LogP contribution in [0, 0.1) is 11.3 Å². The molecule has 1 aliphatic rings. The second kappa shape index (κ2) is 7.17. The normalized spacial score (nSPS) is 17.8. The molecule has 1 atom stereocenters. The Balaban J connectivity index is 2.01. The topological polar surface area (TPSA) is 73.2 Å². The molecule has 0 radical (unpaired) electrons. The standard InChI is InChI=1S/C16H14F3N3O2/c17-16(18,19)14(23)7-9-22-8-1-2-13(22)15(24)21-12-5-3-11(10-20)4-6-12/h3-7,9,13H,1-2,8H2,(H,21,24). The van der Waals surface area contributed by atoms with Crippen LogP contribution in [0.3, 0.4) is 0 Å². The summed E-state index contributed by atoms with van der Waals surface area (Å²) >= 11 is 0. The number of halogens is 3. The minimum Gasteiger partial charge on any atom is -0.365 e. The van der Waals surface area contributed by atoms with E-state index in [1.807, 2.05) is 6.07 Å². The number of alkyl halides is 3. The number of ketones is 1. The summed E-state index contributed by atoms with van der Waals surface area (Å²) in [6.07, 6.45) is -2.35. The summed E-state index contributed by atoms with van der Waals surface area (Å²) in [7, 11) is 0. The largest absolute Gasteiger partial charge is 0.454 e. The zero-order valence-electron chi connectivity index (χ0n) is 12.5. The number of hydrogen-bond donors (Lipinski definition) is 1. The molecule has 1 aromatic carbocycles. The van der Waals surface area contributed by atoms with Crippen molar-refractivity contribution in [3.63, 3.8) is 0 Å². The molecule has 24 heavy (non-hydrogen) atoms. The van der Waals surface area contributed by atoms with Gasteiger partial charge in [-0.3, -0.25) is 9.59 Å². The molecule has 1 aliphatic heterocycles. The summed E-state index contributed by atoms with van der Waals surface area (Å²) in [4.78, 5) is 24.6. The van der Waals surface area contributed by atoms with E-state index in [2.05, 4.69) is 5.32 Å². The molecule has 126 valence electrons. The Morgan fingerprint density at radius 1 is 1.29 bits per heavy atom. The molecule has 0 saturated carbocycles. The van der Waals surface area contributed by atoms with Gasteiger partial charge in [-0.25, -0.2) is 0 Å². The molecule has 1 N–H and O–H groups in total. The fourth-order valence-electron chi connectivity index (χ4n) is 2.36. The van der Waals surface area contributed by atoms with Crippen molar-refractivity contribution in [3.05, 3.63) is 42.1 Å². The fourth-order valence-corrected chi connectivity index (χ4v) is 2.36. The molecule has 5 nitrogen and oxygen atoms in total. The van der Waals surface area contributed by atoms with E-state index >= 15 is 0 Å². The van der Waals surface area contributed by atoms with Crippen molar-refractivity contribution in [2.24, 2.45) is 0 Å². The number of nitriles is 1. The van der Waals surface area contributed by atoms with Crippen LogP contribution in [0.25, 0.3) is 0 Å². The first kappa shape index (κ1) is 17.5. The van der Waals surface area contributed by atoms with Gasteiger partial charge in [-0.1, -0.05) is 0 Å². The summed E-state index contributed by atoms with van der Waals surface area (Å²) in [6.45, 7) is 0.396. The maximum absolute atomic E-state index is 12.3. The van der Waals surface area contributed by atoms with Crippen LogP contribution in [0.4, 0.5) is 18.9 Å². The Morgan fingerprint density at radius 3 is 2.54 bits per heavy atom. The monoisotopic (exact) mass is 337 g/mol. The highest BCUT2D eigenvalue weighted by atomic mass is 19.4. The van der Waals surface area contributed by atoms with E-state index in [9.17, 15) is 22.8 Å². The molecule has 0 spiro atoms. The predicted octanol–water partition coefficient (Wildman–Crippen LogP) is 2.61. The molecular formula is C16H14F3N3O2. The second-order valence-electron chi connectivity index (χ2n) is 5.25. The van der Waals surface area contributed by atoms with Crippen molar-refractivity contribution >= 4 is 17.4 Å². The first-order valence-electron chi connectivity index (χ1n) is 7.17. The molecule has 1 fully saturated rings. The highest BCUT2D eigenvalue weighted by molar-refractivity contribution is 5.96. The quantitative estimate of drug-likeness (QED) is 0.857. The second-order valence-corrected chi connectivity index (χ2v) is 5.25. The molecule has 0 aliphatic carbocycles. The highest BCUT2D eigenvalue weighted by Gasteiger charge is 2.37. The minimum absolute atomic E-state index is 0.374. The Bertz CT molecular complexity index is 690. The molecular weight excluding hydrogens is 323 g/mol. The van der Waals surface area contributed by atoms with Crippen LogP contribution in [0.15, 0.2) is 36.5 Å². The number of nitrogens with one attached hydrogen (secondary N) is 1. The van der Waals surface area contributed by atoms with E-state index in [0.717, 1.165) is 6.20 Å². The van der Waals surface area contributed by atoms with Gasteiger partial charge in [0.05, 0.1) is 11.6 Å². The van der Waals surface area contributed by atoms with Gasteiger partial charge in [0.15, 0.2) is 0 Å². The van der Waals surface area contributed by atoms with Crippen molar-refractivity contribution in [1.82, 2.24) is 4.90 Å². The number of likely N-dealkylation sites (tertiary alicyclic amines) is 1. The first-order valence-corrected chi connectivity index (χ1v) is 7.17. The van der Waals surface area contributed by atoms with Gasteiger partial charge in [0.1, 0.15) is 6.04 Å². The number of amides is 1. The van der Waals surface area contributed by atoms with Gasteiger partial charge in [0, 0.05) is 24.5 Å². The van der Waals surface area contributed by atoms with Crippen LogP contribution in [-0.2, 0) is 9.59 Å². The van der Waals surface area contributed by atoms with E-state index in [1.54, 1.807) is 24.3 Å². The van der Waals surface area contributed by atoms with E-state index in [-0.39, 0.29) is 5.91 Å². The van der Waals surface area contributed by atoms with E-state index in [4.69, 9.17) is 5.26 Å². The third kappa shape index (κ3) is 4.35. The SMILES string of the molecule is N#Cc1ccc(NC(=O)C2CCCN2C=CC(=O)C(F)(F)F)cc1. The Labute approximate surface area is 136 Å². The van der Waals surface area contributed by atoms with Crippen molar-refractivity contribution in [2.45, 2.75) is 25.1 Å². The lowest BCUT2D eigenvalue weighted by atomic mass is 10.2. The van der Waals surface area contributed by atoms with Crippen LogP contribution in [0.1, 0.15) is 18.4 Å². The number of anilines is 1. The third-order valence-corrected chi connectivity index (χ3v) is 3.58. The lowest BCUT2D eigenvalue weighted by Gasteiger charge is -2.22. The molecule has 1 heterocycles. The zero-order valence-corrected chi connectivity index (χ0v) is 12.5. The summed E-state index contributed by atoms with van der Waals surface area (Å²) in [5, 5.41) is 11.4. The number of carbonyl (C=O) groups is 2. The third-order valence-electron chi connectivity index (χ3n) is 3.58. The van der Waals surface area contributed by atoms with Gasteiger partial charge >= 0.3 is 6.18 Å². The fraction of sp³-hybridized carbons (Fsp3) is 0.312. The average Bonchev–Trinajstić information content (AvgIpc) is 3.01. The number of benzene rings is 1. The number of carbonyl (C=O) groups excluding carboxylic acids is 2. The van der Waals surface area contributed by atoms with Gasteiger partial charge in [-0.05, 0) is 37.1 Å². The van der Waals surface area contributed by atoms with Gasteiger partial charge in [0.25, 0.3) is 5.78 Å². The average molecular weight is 337 g/mol. The summed E-state index contributed by atoms with van der Waals surface area (Å²) in [5.74, 6) is -2.33. The molecule has 0 bridgehead atoms.